The Balaban J connectivity index is 2.14. The van der Waals surface area contributed by atoms with E-state index in [-0.39, 0.29) is 11.5 Å². The van der Waals surface area contributed by atoms with Gasteiger partial charge in [-0.25, -0.2) is 0 Å². The highest BCUT2D eigenvalue weighted by molar-refractivity contribution is 5.71. The Kier molecular flexibility index (Phi) is 3.10. The SMILES string of the molecule is CC1(C)CC2(CC(C)(C)c3c2cc(O)c(O)c3O)c2cc(O)c(O)c(O)c21. The average molecular weight is 372 g/mol. The minimum absolute atomic E-state index is 0.342. The van der Waals surface area contributed by atoms with E-state index in [1.165, 1.54) is 12.1 Å². The molecule has 4 rings (SSSR count). The van der Waals surface area contributed by atoms with Gasteiger partial charge < -0.3 is 30.6 Å². The monoisotopic (exact) mass is 372 g/mol. The molecule has 144 valence electrons. The van der Waals surface area contributed by atoms with E-state index in [2.05, 4.69) is 0 Å². The third-order valence-corrected chi connectivity index (χ3v) is 6.38. The lowest BCUT2D eigenvalue weighted by molar-refractivity contribution is 0.340. The second kappa shape index (κ2) is 4.74. The molecule has 2 aliphatic carbocycles. The van der Waals surface area contributed by atoms with E-state index in [0.717, 1.165) is 0 Å². The second-order valence-corrected chi connectivity index (χ2v) is 9.23. The molecule has 0 aliphatic heterocycles. The summed E-state index contributed by atoms with van der Waals surface area (Å²) < 4.78 is 0. The van der Waals surface area contributed by atoms with Gasteiger partial charge in [0.2, 0.25) is 11.5 Å². The van der Waals surface area contributed by atoms with Crippen LogP contribution in [0.15, 0.2) is 12.1 Å². The molecule has 0 radical (unpaired) electrons. The van der Waals surface area contributed by atoms with Crippen molar-refractivity contribution in [3.8, 4) is 34.5 Å². The summed E-state index contributed by atoms with van der Waals surface area (Å²) in [7, 11) is 0. The summed E-state index contributed by atoms with van der Waals surface area (Å²) in [5, 5.41) is 61.5. The maximum atomic E-state index is 10.6. The van der Waals surface area contributed by atoms with Gasteiger partial charge in [0.1, 0.15) is 0 Å². The van der Waals surface area contributed by atoms with Gasteiger partial charge in [0.05, 0.1) is 0 Å². The van der Waals surface area contributed by atoms with Crippen molar-refractivity contribution in [1.29, 1.82) is 0 Å². The van der Waals surface area contributed by atoms with Crippen LogP contribution in [0.25, 0.3) is 0 Å². The van der Waals surface area contributed by atoms with Crippen LogP contribution < -0.4 is 0 Å². The van der Waals surface area contributed by atoms with Gasteiger partial charge in [0.15, 0.2) is 23.0 Å². The highest BCUT2D eigenvalue weighted by Gasteiger charge is 2.59. The number of benzene rings is 2. The van der Waals surface area contributed by atoms with Crippen LogP contribution in [-0.4, -0.2) is 30.6 Å². The quantitative estimate of drug-likeness (QED) is 0.393. The van der Waals surface area contributed by atoms with Gasteiger partial charge in [-0.05, 0) is 46.9 Å². The summed E-state index contributed by atoms with van der Waals surface area (Å²) in [6.07, 6.45) is 1.09. The highest BCUT2D eigenvalue weighted by Crippen LogP contribution is 2.68. The predicted octanol–water partition coefficient (Wildman–Crippen LogP) is 3.57. The molecule has 27 heavy (non-hydrogen) atoms. The number of phenols is 6. The Morgan fingerprint density at radius 1 is 0.593 bits per heavy atom. The Morgan fingerprint density at radius 3 is 1.26 bits per heavy atom. The van der Waals surface area contributed by atoms with Gasteiger partial charge in [-0.15, -0.1) is 0 Å². The lowest BCUT2D eigenvalue weighted by atomic mass is 9.72. The number of hydrogen-bond donors (Lipinski definition) is 6. The lowest BCUT2D eigenvalue weighted by Gasteiger charge is -2.30. The van der Waals surface area contributed by atoms with Crippen molar-refractivity contribution in [3.05, 3.63) is 34.4 Å². The number of hydrogen-bond acceptors (Lipinski definition) is 6. The zero-order chi connectivity index (χ0) is 20.1. The Morgan fingerprint density at radius 2 is 0.926 bits per heavy atom. The molecule has 2 aromatic carbocycles. The van der Waals surface area contributed by atoms with Crippen LogP contribution in [0.4, 0.5) is 0 Å². The molecular formula is C21H24O6. The first-order valence-electron chi connectivity index (χ1n) is 8.91. The average Bonchev–Trinajstić information content (AvgIpc) is 2.89. The van der Waals surface area contributed by atoms with Crippen molar-refractivity contribution in [2.45, 2.75) is 56.8 Å². The molecule has 0 aromatic heterocycles. The maximum absolute atomic E-state index is 10.6. The third kappa shape index (κ3) is 1.95. The van der Waals surface area contributed by atoms with Gasteiger partial charge in [0.25, 0.3) is 0 Å². The van der Waals surface area contributed by atoms with E-state index < -0.39 is 39.2 Å². The smallest absolute Gasteiger partial charge is 0.200 e. The summed E-state index contributed by atoms with van der Waals surface area (Å²) in [5.74, 6) is -2.61. The summed E-state index contributed by atoms with van der Waals surface area (Å²) in [6, 6.07) is 2.93. The van der Waals surface area contributed by atoms with E-state index in [9.17, 15) is 30.6 Å². The van der Waals surface area contributed by atoms with Gasteiger partial charge in [0, 0.05) is 16.5 Å². The maximum Gasteiger partial charge on any atom is 0.200 e. The molecule has 1 spiro atoms. The number of phenolic OH excluding ortho intramolecular Hbond substituents is 6. The Bertz CT molecular complexity index is 921. The van der Waals surface area contributed by atoms with Crippen molar-refractivity contribution >= 4 is 0 Å². The van der Waals surface area contributed by atoms with Crippen LogP contribution in [0.3, 0.4) is 0 Å². The number of aromatic hydroxyl groups is 6. The van der Waals surface area contributed by atoms with Crippen LogP contribution in [-0.2, 0) is 16.2 Å². The molecule has 0 bridgehead atoms. The van der Waals surface area contributed by atoms with E-state index >= 15 is 0 Å². The van der Waals surface area contributed by atoms with Gasteiger partial charge in [-0.1, -0.05) is 27.7 Å². The zero-order valence-corrected chi connectivity index (χ0v) is 15.8. The van der Waals surface area contributed by atoms with Crippen molar-refractivity contribution in [2.75, 3.05) is 0 Å². The highest BCUT2D eigenvalue weighted by atomic mass is 16.3. The molecule has 2 aromatic rings. The van der Waals surface area contributed by atoms with Crippen molar-refractivity contribution < 1.29 is 30.6 Å². The molecule has 0 amide bonds. The van der Waals surface area contributed by atoms with Crippen LogP contribution in [0.5, 0.6) is 34.5 Å². The molecule has 6 heteroatoms. The molecule has 0 unspecified atom stereocenters. The topological polar surface area (TPSA) is 121 Å². The zero-order valence-electron chi connectivity index (χ0n) is 15.8. The molecule has 2 aliphatic rings. The van der Waals surface area contributed by atoms with E-state index in [1.54, 1.807) is 0 Å². The second-order valence-electron chi connectivity index (χ2n) is 9.23. The lowest BCUT2D eigenvalue weighted by Crippen LogP contribution is -2.26. The predicted molar refractivity (Wildman–Crippen MR) is 98.9 cm³/mol. The van der Waals surface area contributed by atoms with Crippen molar-refractivity contribution in [3.63, 3.8) is 0 Å². The van der Waals surface area contributed by atoms with E-state index in [0.29, 0.717) is 35.1 Å². The first kappa shape index (κ1) is 17.6. The summed E-state index contributed by atoms with van der Waals surface area (Å²) >= 11 is 0. The van der Waals surface area contributed by atoms with Crippen LogP contribution in [0.2, 0.25) is 0 Å². The first-order chi connectivity index (χ1) is 12.3. The summed E-state index contributed by atoms with van der Waals surface area (Å²) in [6.45, 7) is 7.79. The molecule has 6 N–H and O–H groups in total. The van der Waals surface area contributed by atoms with Crippen LogP contribution >= 0.6 is 0 Å². The standard InChI is InChI=1S/C21H24O6/c1-19(2)7-21(9-5-11(22)15(24)17(26)13(9)19)8-20(3,4)14-10(21)6-12(23)16(25)18(14)27/h5-6,22-27H,7-8H2,1-4H3. The Labute approximate surface area is 157 Å². The van der Waals surface area contributed by atoms with Gasteiger partial charge in [-0.2, -0.15) is 0 Å². The fourth-order valence-corrected chi connectivity index (χ4v) is 5.69. The minimum atomic E-state index is -0.691. The van der Waals surface area contributed by atoms with Gasteiger partial charge >= 0.3 is 0 Å². The van der Waals surface area contributed by atoms with Crippen LogP contribution in [0.1, 0.15) is 62.8 Å². The first-order valence-corrected chi connectivity index (χ1v) is 8.91. The number of fused-ring (bicyclic) bond motifs is 4. The molecule has 0 saturated heterocycles. The summed E-state index contributed by atoms with van der Waals surface area (Å²) in [5.41, 5.74) is 0.690. The van der Waals surface area contributed by atoms with Crippen molar-refractivity contribution in [2.24, 2.45) is 0 Å². The fraction of sp³-hybridized carbons (Fsp3) is 0.429. The van der Waals surface area contributed by atoms with E-state index in [1.807, 2.05) is 27.7 Å². The molecular weight excluding hydrogens is 348 g/mol. The minimum Gasteiger partial charge on any atom is -0.504 e. The third-order valence-electron chi connectivity index (χ3n) is 6.38. The molecule has 6 nitrogen and oxygen atoms in total. The molecule has 0 fully saturated rings. The normalized spacial score (nSPS) is 20.6. The summed E-state index contributed by atoms with van der Waals surface area (Å²) in [4.78, 5) is 0. The fourth-order valence-electron chi connectivity index (χ4n) is 5.69. The van der Waals surface area contributed by atoms with Crippen LogP contribution in [0, 0.1) is 0 Å². The largest absolute Gasteiger partial charge is 0.504 e. The Hall–Kier alpha value is -2.76. The molecule has 0 saturated carbocycles. The van der Waals surface area contributed by atoms with Crippen molar-refractivity contribution in [1.82, 2.24) is 0 Å². The number of rotatable bonds is 0. The van der Waals surface area contributed by atoms with Gasteiger partial charge in [-0.3, -0.25) is 0 Å². The molecule has 0 atom stereocenters. The van der Waals surface area contributed by atoms with E-state index in [4.69, 9.17) is 0 Å². The molecule has 0 heterocycles.